The maximum absolute atomic E-state index is 13.5. The predicted molar refractivity (Wildman–Crippen MR) is 160 cm³/mol. The number of piperazine rings is 1. The summed E-state index contributed by atoms with van der Waals surface area (Å²) in [6, 6.07) is 9.98. The number of aromatic nitrogens is 2. The SMILES string of the molecule is COc1c(NC(=O)c2cc(C)cc(Oc3ccnc(C(=O)N4CCNCC4)n3)c2)cc(C(C)(C)C)cc1NS(C)(=O)=O. The van der Waals surface area contributed by atoms with Gasteiger partial charge in [0, 0.05) is 44.0 Å². The molecule has 42 heavy (non-hydrogen) atoms. The molecule has 3 aromatic rings. The van der Waals surface area contributed by atoms with Crippen molar-refractivity contribution < 1.29 is 27.5 Å². The minimum atomic E-state index is -3.62. The molecule has 3 N–H and O–H groups in total. The Kier molecular flexibility index (Phi) is 9.02. The van der Waals surface area contributed by atoms with Gasteiger partial charge in [0.15, 0.2) is 5.75 Å². The summed E-state index contributed by atoms with van der Waals surface area (Å²) < 4.78 is 38.0. The first-order valence-electron chi connectivity index (χ1n) is 13.4. The highest BCUT2D eigenvalue weighted by atomic mass is 32.2. The van der Waals surface area contributed by atoms with E-state index in [-0.39, 0.29) is 40.0 Å². The molecule has 0 saturated carbocycles. The molecule has 0 bridgehead atoms. The molecule has 1 saturated heterocycles. The van der Waals surface area contributed by atoms with E-state index >= 15 is 0 Å². The van der Waals surface area contributed by atoms with Crippen molar-refractivity contribution in [3.8, 4) is 17.4 Å². The third-order valence-corrected chi connectivity index (χ3v) is 7.05. The molecule has 2 amide bonds. The van der Waals surface area contributed by atoms with Crippen LogP contribution in [0.5, 0.6) is 17.4 Å². The van der Waals surface area contributed by atoms with Gasteiger partial charge in [0.1, 0.15) is 5.75 Å². The third kappa shape index (κ3) is 7.74. The van der Waals surface area contributed by atoms with Crippen LogP contribution in [0.25, 0.3) is 0 Å². The summed E-state index contributed by atoms with van der Waals surface area (Å²) in [5.74, 6) is -0.0263. The van der Waals surface area contributed by atoms with Gasteiger partial charge in [0.05, 0.1) is 24.7 Å². The Balaban J connectivity index is 1.61. The van der Waals surface area contributed by atoms with Gasteiger partial charge in [0.2, 0.25) is 21.7 Å². The van der Waals surface area contributed by atoms with Crippen LogP contribution in [0.2, 0.25) is 0 Å². The summed E-state index contributed by atoms with van der Waals surface area (Å²) in [6.45, 7) is 10.3. The Hall–Kier alpha value is -4.23. The van der Waals surface area contributed by atoms with E-state index in [9.17, 15) is 18.0 Å². The van der Waals surface area contributed by atoms with Crippen LogP contribution < -0.4 is 24.8 Å². The lowest BCUT2D eigenvalue weighted by atomic mass is 9.86. The van der Waals surface area contributed by atoms with E-state index in [1.54, 1.807) is 35.2 Å². The number of carbonyl (C=O) groups is 2. The number of aryl methyl sites for hydroxylation is 1. The van der Waals surface area contributed by atoms with E-state index in [2.05, 4.69) is 25.3 Å². The Labute approximate surface area is 245 Å². The van der Waals surface area contributed by atoms with Crippen molar-refractivity contribution >= 4 is 33.2 Å². The molecule has 12 nitrogen and oxygen atoms in total. The van der Waals surface area contributed by atoms with Gasteiger partial charge in [-0.15, -0.1) is 0 Å². The highest BCUT2D eigenvalue weighted by molar-refractivity contribution is 7.92. The van der Waals surface area contributed by atoms with E-state index in [1.165, 1.54) is 19.4 Å². The summed E-state index contributed by atoms with van der Waals surface area (Å²) in [7, 11) is -2.22. The van der Waals surface area contributed by atoms with Crippen molar-refractivity contribution in [1.82, 2.24) is 20.2 Å². The average Bonchev–Trinajstić information content (AvgIpc) is 2.91. The van der Waals surface area contributed by atoms with Gasteiger partial charge in [-0.1, -0.05) is 20.8 Å². The molecule has 0 atom stereocenters. The van der Waals surface area contributed by atoms with Gasteiger partial charge in [-0.05, 0) is 53.8 Å². The van der Waals surface area contributed by atoms with Crippen molar-refractivity contribution in [2.45, 2.75) is 33.1 Å². The molecule has 1 aromatic heterocycles. The highest BCUT2D eigenvalue weighted by Crippen LogP contribution is 2.39. The van der Waals surface area contributed by atoms with Crippen molar-refractivity contribution in [1.29, 1.82) is 0 Å². The lowest BCUT2D eigenvalue weighted by Gasteiger charge is -2.26. The standard InChI is InChI=1S/C29H36N6O6S/c1-18-13-19(15-21(14-18)41-24-7-8-31-26(33-24)28(37)35-11-9-30-10-12-35)27(36)32-22-16-20(29(2,3)4)17-23(25(22)40-5)34-42(6,38)39/h7-8,13-17,30,34H,9-12H2,1-6H3,(H,32,36). The van der Waals surface area contributed by atoms with E-state index < -0.39 is 15.9 Å². The van der Waals surface area contributed by atoms with Crippen molar-refractivity contribution in [3.63, 3.8) is 0 Å². The number of sulfonamides is 1. The quantitative estimate of drug-likeness (QED) is 0.354. The molecular weight excluding hydrogens is 560 g/mol. The molecule has 0 unspecified atom stereocenters. The minimum absolute atomic E-state index is 0.0318. The van der Waals surface area contributed by atoms with E-state index in [4.69, 9.17) is 9.47 Å². The first kappa shape index (κ1) is 30.7. The van der Waals surface area contributed by atoms with Crippen molar-refractivity contribution in [3.05, 3.63) is 65.1 Å². The van der Waals surface area contributed by atoms with Gasteiger partial charge in [0.25, 0.3) is 11.8 Å². The molecule has 2 aromatic carbocycles. The Bertz CT molecular complexity index is 1600. The molecule has 224 valence electrons. The number of anilines is 2. The van der Waals surface area contributed by atoms with Crippen LogP contribution in [0.15, 0.2) is 42.6 Å². The molecular formula is C29H36N6O6S. The lowest BCUT2D eigenvalue weighted by Crippen LogP contribution is -2.46. The minimum Gasteiger partial charge on any atom is -0.492 e. The summed E-state index contributed by atoms with van der Waals surface area (Å²) in [4.78, 5) is 36.4. The molecule has 1 aliphatic rings. The van der Waals surface area contributed by atoms with Crippen LogP contribution in [0.3, 0.4) is 0 Å². The molecule has 13 heteroatoms. The smallest absolute Gasteiger partial charge is 0.291 e. The summed E-state index contributed by atoms with van der Waals surface area (Å²) >= 11 is 0. The normalized spacial score (nSPS) is 13.8. The lowest BCUT2D eigenvalue weighted by molar-refractivity contribution is 0.0722. The van der Waals surface area contributed by atoms with Crippen LogP contribution in [0.1, 0.15) is 52.9 Å². The summed E-state index contributed by atoms with van der Waals surface area (Å²) in [6.07, 6.45) is 2.50. The van der Waals surface area contributed by atoms with Crippen LogP contribution in [0, 0.1) is 6.92 Å². The Morgan fingerprint density at radius 1 is 1.05 bits per heavy atom. The summed E-state index contributed by atoms with van der Waals surface area (Å²) in [5.41, 5.74) is 1.98. The predicted octanol–water partition coefficient (Wildman–Crippen LogP) is 3.55. The number of hydrogen-bond acceptors (Lipinski definition) is 9. The van der Waals surface area contributed by atoms with Gasteiger partial charge in [-0.25, -0.2) is 13.4 Å². The van der Waals surface area contributed by atoms with Crippen LogP contribution in [-0.4, -0.2) is 74.6 Å². The fourth-order valence-corrected chi connectivity index (χ4v) is 4.97. The number of benzene rings is 2. The fraction of sp³-hybridized carbons (Fsp3) is 0.379. The zero-order chi connectivity index (χ0) is 30.7. The Morgan fingerprint density at radius 2 is 1.74 bits per heavy atom. The van der Waals surface area contributed by atoms with E-state index in [0.717, 1.165) is 17.4 Å². The van der Waals surface area contributed by atoms with Gasteiger partial charge >= 0.3 is 0 Å². The highest BCUT2D eigenvalue weighted by Gasteiger charge is 2.24. The molecule has 2 heterocycles. The molecule has 1 fully saturated rings. The number of nitrogens with one attached hydrogen (secondary N) is 3. The monoisotopic (exact) mass is 596 g/mol. The molecule has 0 aliphatic carbocycles. The topological polar surface area (TPSA) is 152 Å². The second-order valence-corrected chi connectivity index (χ2v) is 12.8. The van der Waals surface area contributed by atoms with Gasteiger partial charge in [-0.3, -0.25) is 14.3 Å². The van der Waals surface area contributed by atoms with Gasteiger partial charge in [-0.2, -0.15) is 4.98 Å². The van der Waals surface area contributed by atoms with E-state index in [0.29, 0.717) is 37.6 Å². The van der Waals surface area contributed by atoms with Crippen molar-refractivity contribution in [2.24, 2.45) is 0 Å². The third-order valence-electron chi connectivity index (χ3n) is 6.46. The summed E-state index contributed by atoms with van der Waals surface area (Å²) in [5, 5.41) is 6.06. The van der Waals surface area contributed by atoms with Crippen LogP contribution in [0.4, 0.5) is 11.4 Å². The zero-order valence-corrected chi connectivity index (χ0v) is 25.4. The largest absolute Gasteiger partial charge is 0.492 e. The zero-order valence-electron chi connectivity index (χ0n) is 24.6. The molecule has 4 rings (SSSR count). The number of carbonyl (C=O) groups excluding carboxylic acids is 2. The second kappa shape index (κ2) is 12.3. The number of nitrogens with zero attached hydrogens (tertiary/aromatic N) is 3. The molecule has 0 spiro atoms. The average molecular weight is 597 g/mol. The maximum atomic E-state index is 13.5. The number of rotatable bonds is 8. The molecule has 1 aliphatic heterocycles. The van der Waals surface area contributed by atoms with Crippen LogP contribution >= 0.6 is 0 Å². The van der Waals surface area contributed by atoms with Crippen LogP contribution in [-0.2, 0) is 15.4 Å². The van der Waals surface area contributed by atoms with E-state index in [1.807, 2.05) is 27.7 Å². The Morgan fingerprint density at radius 3 is 2.38 bits per heavy atom. The first-order chi connectivity index (χ1) is 19.7. The second-order valence-electron chi connectivity index (χ2n) is 11.1. The number of hydrogen-bond donors (Lipinski definition) is 3. The molecule has 0 radical (unpaired) electrons. The fourth-order valence-electron chi connectivity index (χ4n) is 4.41. The maximum Gasteiger partial charge on any atom is 0.291 e. The number of amides is 2. The number of ether oxygens (including phenoxy) is 2. The number of methoxy groups -OCH3 is 1. The van der Waals surface area contributed by atoms with Crippen molar-refractivity contribution in [2.75, 3.05) is 49.6 Å². The van der Waals surface area contributed by atoms with Gasteiger partial charge < -0.3 is 25.0 Å². The first-order valence-corrected chi connectivity index (χ1v) is 15.3.